The first kappa shape index (κ1) is 17.0. The maximum atomic E-state index is 12.5. The van der Waals surface area contributed by atoms with Crippen LogP contribution >= 0.6 is 0 Å². The normalized spacial score (nSPS) is 23.2. The van der Waals surface area contributed by atoms with Crippen molar-refractivity contribution in [3.8, 4) is 0 Å². The number of nitrogens with one attached hydrogen (secondary N) is 1. The second kappa shape index (κ2) is 7.28. The van der Waals surface area contributed by atoms with Gasteiger partial charge in [0.25, 0.3) is 0 Å². The third-order valence-electron chi connectivity index (χ3n) is 4.62. The lowest BCUT2D eigenvalue weighted by molar-refractivity contribution is -0.126. The summed E-state index contributed by atoms with van der Waals surface area (Å²) in [5.41, 5.74) is 2.59. The molecule has 1 aliphatic rings. The van der Waals surface area contributed by atoms with Crippen LogP contribution in [0, 0.1) is 17.8 Å². The van der Waals surface area contributed by atoms with Crippen LogP contribution in [0.25, 0.3) is 0 Å². The van der Waals surface area contributed by atoms with Gasteiger partial charge in [-0.25, -0.2) is 0 Å². The summed E-state index contributed by atoms with van der Waals surface area (Å²) in [6.07, 6.45) is 1.91. The molecule has 122 valence electrons. The van der Waals surface area contributed by atoms with Crippen LogP contribution in [0.15, 0.2) is 24.3 Å². The molecule has 0 heterocycles. The smallest absolute Gasteiger partial charge is 0.223 e. The third kappa shape index (κ3) is 4.10. The average Bonchev–Trinajstić information content (AvgIpc) is 2.74. The molecular weight excluding hydrogens is 274 g/mol. The van der Waals surface area contributed by atoms with Gasteiger partial charge in [-0.15, -0.1) is 0 Å². The van der Waals surface area contributed by atoms with Gasteiger partial charge < -0.3 is 10.4 Å². The lowest BCUT2D eigenvalue weighted by Crippen LogP contribution is -2.35. The van der Waals surface area contributed by atoms with Gasteiger partial charge in [-0.2, -0.15) is 0 Å². The minimum atomic E-state index is -0.394. The lowest BCUT2D eigenvalue weighted by Gasteiger charge is -2.23. The topological polar surface area (TPSA) is 49.3 Å². The second-order valence-electron chi connectivity index (χ2n) is 7.29. The van der Waals surface area contributed by atoms with E-state index in [1.165, 1.54) is 11.1 Å². The molecule has 1 aromatic carbocycles. The van der Waals surface area contributed by atoms with Crippen LogP contribution < -0.4 is 5.32 Å². The van der Waals surface area contributed by atoms with Crippen LogP contribution in [0.5, 0.6) is 0 Å². The van der Waals surface area contributed by atoms with Crippen molar-refractivity contribution >= 4 is 5.91 Å². The summed E-state index contributed by atoms with van der Waals surface area (Å²) >= 11 is 0. The summed E-state index contributed by atoms with van der Waals surface area (Å²) < 4.78 is 0. The zero-order valence-electron chi connectivity index (χ0n) is 14.2. The SMILES string of the molecule is CC(C)CC(O)CC(C)C(=O)NC1c2ccccc2CC1C. The fraction of sp³-hybridized carbons (Fsp3) is 0.632. The molecule has 0 radical (unpaired) electrons. The van der Waals surface area contributed by atoms with Crippen LogP contribution in [0.1, 0.15) is 57.7 Å². The Bertz CT molecular complexity index is 512. The molecule has 0 aromatic heterocycles. The van der Waals surface area contributed by atoms with Gasteiger partial charge in [0.15, 0.2) is 0 Å². The monoisotopic (exact) mass is 303 g/mol. The van der Waals surface area contributed by atoms with Crippen LogP contribution in [0.4, 0.5) is 0 Å². The van der Waals surface area contributed by atoms with Crippen molar-refractivity contribution in [2.24, 2.45) is 17.8 Å². The molecule has 1 aliphatic carbocycles. The molecule has 2 N–H and O–H groups in total. The average molecular weight is 303 g/mol. The van der Waals surface area contributed by atoms with E-state index in [0.29, 0.717) is 18.3 Å². The maximum absolute atomic E-state index is 12.5. The summed E-state index contributed by atoms with van der Waals surface area (Å²) in [6, 6.07) is 8.45. The van der Waals surface area contributed by atoms with E-state index in [9.17, 15) is 9.90 Å². The van der Waals surface area contributed by atoms with Crippen molar-refractivity contribution in [1.82, 2.24) is 5.32 Å². The molecule has 1 amide bonds. The molecule has 0 spiro atoms. The molecule has 22 heavy (non-hydrogen) atoms. The molecule has 0 fully saturated rings. The molecule has 0 bridgehead atoms. The highest BCUT2D eigenvalue weighted by atomic mass is 16.3. The van der Waals surface area contributed by atoms with Crippen molar-refractivity contribution in [3.05, 3.63) is 35.4 Å². The van der Waals surface area contributed by atoms with Crippen molar-refractivity contribution in [2.45, 2.75) is 59.1 Å². The Labute approximate surface area is 134 Å². The minimum absolute atomic E-state index is 0.0522. The van der Waals surface area contributed by atoms with Gasteiger partial charge in [-0.1, -0.05) is 52.0 Å². The van der Waals surface area contributed by atoms with E-state index < -0.39 is 6.10 Å². The number of fused-ring (bicyclic) bond motifs is 1. The summed E-state index contributed by atoms with van der Waals surface area (Å²) in [5, 5.41) is 13.2. The second-order valence-corrected chi connectivity index (χ2v) is 7.29. The molecule has 0 saturated carbocycles. The van der Waals surface area contributed by atoms with Gasteiger partial charge in [0.05, 0.1) is 12.1 Å². The van der Waals surface area contributed by atoms with Crippen LogP contribution in [-0.2, 0) is 11.2 Å². The van der Waals surface area contributed by atoms with Gasteiger partial charge in [-0.05, 0) is 42.2 Å². The number of hydrogen-bond donors (Lipinski definition) is 2. The highest BCUT2D eigenvalue weighted by Crippen LogP contribution is 2.35. The number of aliphatic hydroxyl groups excluding tert-OH is 1. The molecule has 3 nitrogen and oxygen atoms in total. The van der Waals surface area contributed by atoms with E-state index >= 15 is 0 Å². The Morgan fingerprint density at radius 3 is 2.64 bits per heavy atom. The fourth-order valence-electron chi connectivity index (χ4n) is 3.47. The van der Waals surface area contributed by atoms with E-state index in [1.807, 2.05) is 13.0 Å². The van der Waals surface area contributed by atoms with Gasteiger partial charge >= 0.3 is 0 Å². The van der Waals surface area contributed by atoms with E-state index in [0.717, 1.165) is 12.8 Å². The van der Waals surface area contributed by atoms with Crippen LogP contribution in [-0.4, -0.2) is 17.1 Å². The van der Waals surface area contributed by atoms with Crippen molar-refractivity contribution < 1.29 is 9.90 Å². The number of benzene rings is 1. The van der Waals surface area contributed by atoms with Gasteiger partial charge in [0, 0.05) is 5.92 Å². The molecule has 1 aromatic rings. The van der Waals surface area contributed by atoms with E-state index in [4.69, 9.17) is 0 Å². The summed E-state index contributed by atoms with van der Waals surface area (Å²) in [4.78, 5) is 12.5. The van der Waals surface area contributed by atoms with Gasteiger partial charge in [-0.3, -0.25) is 4.79 Å². The van der Waals surface area contributed by atoms with Crippen LogP contribution in [0.2, 0.25) is 0 Å². The summed E-state index contributed by atoms with van der Waals surface area (Å²) in [7, 11) is 0. The largest absolute Gasteiger partial charge is 0.393 e. The van der Waals surface area contributed by atoms with Crippen molar-refractivity contribution in [1.29, 1.82) is 0 Å². The summed E-state index contributed by atoms with van der Waals surface area (Å²) in [5.74, 6) is 0.770. The molecule has 2 rings (SSSR count). The number of carbonyl (C=O) groups is 1. The zero-order chi connectivity index (χ0) is 16.3. The number of rotatable bonds is 6. The van der Waals surface area contributed by atoms with Crippen molar-refractivity contribution in [2.75, 3.05) is 0 Å². The number of amides is 1. The van der Waals surface area contributed by atoms with Crippen molar-refractivity contribution in [3.63, 3.8) is 0 Å². The Kier molecular flexibility index (Phi) is 5.63. The first-order valence-electron chi connectivity index (χ1n) is 8.44. The molecule has 4 atom stereocenters. The highest BCUT2D eigenvalue weighted by Gasteiger charge is 2.31. The highest BCUT2D eigenvalue weighted by molar-refractivity contribution is 5.79. The Hall–Kier alpha value is -1.35. The predicted molar refractivity (Wildman–Crippen MR) is 89.4 cm³/mol. The molecule has 3 heteroatoms. The molecule has 0 saturated heterocycles. The first-order chi connectivity index (χ1) is 10.4. The maximum Gasteiger partial charge on any atom is 0.223 e. The molecule has 0 aliphatic heterocycles. The Balaban J connectivity index is 1.94. The summed E-state index contributed by atoms with van der Waals surface area (Å²) in [6.45, 7) is 8.27. The quantitative estimate of drug-likeness (QED) is 0.845. The third-order valence-corrected chi connectivity index (χ3v) is 4.62. The van der Waals surface area contributed by atoms with E-state index in [1.54, 1.807) is 0 Å². The Morgan fingerprint density at radius 2 is 1.95 bits per heavy atom. The Morgan fingerprint density at radius 1 is 1.27 bits per heavy atom. The lowest BCUT2D eigenvalue weighted by atomic mass is 9.95. The fourth-order valence-corrected chi connectivity index (χ4v) is 3.47. The van der Waals surface area contributed by atoms with E-state index in [-0.39, 0.29) is 17.9 Å². The predicted octanol–water partition coefficient (Wildman–Crippen LogP) is 3.47. The standard InChI is InChI=1S/C19H29NO2/c1-12(2)9-16(21)11-14(4)19(22)20-18-13(3)10-15-7-5-6-8-17(15)18/h5-8,12-14,16,18,21H,9-11H2,1-4H3,(H,20,22). The van der Waals surface area contributed by atoms with E-state index in [2.05, 4.69) is 44.3 Å². The number of aliphatic hydroxyl groups is 1. The van der Waals surface area contributed by atoms with Crippen LogP contribution in [0.3, 0.4) is 0 Å². The molecular formula is C19H29NO2. The zero-order valence-corrected chi connectivity index (χ0v) is 14.2. The number of hydrogen-bond acceptors (Lipinski definition) is 2. The van der Waals surface area contributed by atoms with Gasteiger partial charge in [0.2, 0.25) is 5.91 Å². The molecule has 4 unspecified atom stereocenters. The number of carbonyl (C=O) groups excluding carboxylic acids is 1. The van der Waals surface area contributed by atoms with Gasteiger partial charge in [0.1, 0.15) is 0 Å². The first-order valence-corrected chi connectivity index (χ1v) is 8.44. The minimum Gasteiger partial charge on any atom is -0.393 e.